The van der Waals surface area contributed by atoms with Crippen molar-refractivity contribution in [1.29, 1.82) is 0 Å². The lowest BCUT2D eigenvalue weighted by Gasteiger charge is -2.14. The molecule has 0 fully saturated rings. The number of nitrogens with one attached hydrogen (secondary N) is 1. The second-order valence-electron chi connectivity index (χ2n) is 5.78. The second-order valence-corrected chi connectivity index (χ2v) is 5.78. The molecule has 0 aromatic heterocycles. The summed E-state index contributed by atoms with van der Waals surface area (Å²) in [5, 5.41) is 2.40. The lowest BCUT2D eigenvalue weighted by Crippen LogP contribution is -2.37. The van der Waals surface area contributed by atoms with Gasteiger partial charge in [0.1, 0.15) is 12.4 Å². The number of rotatable bonds is 3. The molecule has 24 heavy (non-hydrogen) atoms. The van der Waals surface area contributed by atoms with Gasteiger partial charge in [0.05, 0.1) is 16.8 Å². The first-order valence-electron chi connectivity index (χ1n) is 7.39. The van der Waals surface area contributed by atoms with E-state index < -0.39 is 30.1 Å². The van der Waals surface area contributed by atoms with Crippen LogP contribution in [-0.4, -0.2) is 29.2 Å². The van der Waals surface area contributed by atoms with Gasteiger partial charge in [-0.15, -0.1) is 0 Å². The minimum Gasteiger partial charge on any atom is -0.322 e. The highest BCUT2D eigenvalue weighted by Gasteiger charge is 2.36. The third-order valence-corrected chi connectivity index (χ3v) is 3.82. The second kappa shape index (κ2) is 5.88. The van der Waals surface area contributed by atoms with Gasteiger partial charge in [-0.25, -0.2) is 4.39 Å². The molecule has 0 radical (unpaired) electrons. The van der Waals surface area contributed by atoms with Crippen molar-refractivity contribution in [3.8, 4) is 0 Å². The molecule has 1 aliphatic heterocycles. The van der Waals surface area contributed by atoms with Crippen LogP contribution in [0, 0.1) is 19.7 Å². The van der Waals surface area contributed by atoms with Crippen LogP contribution in [0.2, 0.25) is 0 Å². The predicted molar refractivity (Wildman–Crippen MR) is 86.3 cm³/mol. The zero-order chi connectivity index (χ0) is 17.4. The van der Waals surface area contributed by atoms with E-state index in [4.69, 9.17) is 0 Å². The molecule has 0 bridgehead atoms. The molecule has 6 heteroatoms. The maximum atomic E-state index is 13.7. The van der Waals surface area contributed by atoms with E-state index in [0.717, 1.165) is 16.0 Å². The Morgan fingerprint density at radius 1 is 1.00 bits per heavy atom. The number of hydrogen-bond donors (Lipinski definition) is 1. The van der Waals surface area contributed by atoms with Gasteiger partial charge in [-0.05, 0) is 43.7 Å². The highest BCUT2D eigenvalue weighted by molar-refractivity contribution is 6.22. The summed E-state index contributed by atoms with van der Waals surface area (Å²) in [5.74, 6) is -2.24. The van der Waals surface area contributed by atoms with E-state index in [9.17, 15) is 18.8 Å². The Balaban J connectivity index is 1.77. The largest absolute Gasteiger partial charge is 0.322 e. The van der Waals surface area contributed by atoms with Gasteiger partial charge >= 0.3 is 0 Å². The average molecular weight is 326 g/mol. The Labute approximate surface area is 138 Å². The summed E-state index contributed by atoms with van der Waals surface area (Å²) < 4.78 is 13.7. The number of imide groups is 1. The molecule has 3 rings (SSSR count). The van der Waals surface area contributed by atoms with Crippen molar-refractivity contribution < 1.29 is 18.8 Å². The smallest absolute Gasteiger partial charge is 0.262 e. The molecule has 1 N–H and O–H groups in total. The Hall–Kier alpha value is -3.02. The number of amides is 3. The summed E-state index contributed by atoms with van der Waals surface area (Å²) in [6.07, 6.45) is 0. The Kier molecular flexibility index (Phi) is 3.89. The zero-order valence-corrected chi connectivity index (χ0v) is 13.2. The van der Waals surface area contributed by atoms with Crippen LogP contribution in [-0.2, 0) is 4.79 Å². The molecule has 2 aromatic rings. The fourth-order valence-corrected chi connectivity index (χ4v) is 2.62. The van der Waals surface area contributed by atoms with Gasteiger partial charge in [0.25, 0.3) is 11.8 Å². The lowest BCUT2D eigenvalue weighted by molar-refractivity contribution is -0.116. The molecule has 0 spiro atoms. The normalized spacial score (nSPS) is 13.2. The molecule has 1 aliphatic rings. The minimum absolute atomic E-state index is 0.0208. The number of hydrogen-bond acceptors (Lipinski definition) is 3. The summed E-state index contributed by atoms with van der Waals surface area (Å²) in [5.41, 5.74) is 2.22. The van der Waals surface area contributed by atoms with Gasteiger partial charge in [-0.2, -0.15) is 0 Å². The van der Waals surface area contributed by atoms with Crippen LogP contribution in [0.1, 0.15) is 31.8 Å². The van der Waals surface area contributed by atoms with Crippen molar-refractivity contribution in [1.82, 2.24) is 4.90 Å². The Morgan fingerprint density at radius 2 is 1.62 bits per heavy atom. The first kappa shape index (κ1) is 15.9. The van der Waals surface area contributed by atoms with Gasteiger partial charge in [0.2, 0.25) is 5.91 Å². The van der Waals surface area contributed by atoms with Gasteiger partial charge < -0.3 is 5.32 Å². The predicted octanol–water partition coefficient (Wildman–Crippen LogP) is 2.68. The lowest BCUT2D eigenvalue weighted by atomic mass is 10.1. The van der Waals surface area contributed by atoms with Crippen molar-refractivity contribution in [2.24, 2.45) is 0 Å². The van der Waals surface area contributed by atoms with E-state index in [1.54, 1.807) is 31.2 Å². The van der Waals surface area contributed by atoms with Gasteiger partial charge in [-0.3, -0.25) is 19.3 Å². The zero-order valence-electron chi connectivity index (χ0n) is 13.2. The van der Waals surface area contributed by atoms with Crippen LogP contribution >= 0.6 is 0 Å². The maximum absolute atomic E-state index is 13.7. The molecular formula is C18H15FN2O3. The Morgan fingerprint density at radius 3 is 2.38 bits per heavy atom. The molecule has 2 aromatic carbocycles. The van der Waals surface area contributed by atoms with Crippen LogP contribution in [0.4, 0.5) is 10.1 Å². The molecule has 0 atom stereocenters. The van der Waals surface area contributed by atoms with Crippen LogP contribution in [0.5, 0.6) is 0 Å². The third-order valence-electron chi connectivity index (χ3n) is 3.82. The summed E-state index contributed by atoms with van der Waals surface area (Å²) in [6, 6.07) is 9.23. The summed E-state index contributed by atoms with van der Waals surface area (Å²) in [6.45, 7) is 3.12. The number of aryl methyl sites for hydroxylation is 2. The fraction of sp³-hybridized carbons (Fsp3) is 0.167. The van der Waals surface area contributed by atoms with Gasteiger partial charge in [0, 0.05) is 0 Å². The van der Waals surface area contributed by atoms with Crippen molar-refractivity contribution in [3.63, 3.8) is 0 Å². The van der Waals surface area contributed by atoms with Crippen LogP contribution in [0.3, 0.4) is 0 Å². The van der Waals surface area contributed by atoms with E-state index in [1.807, 2.05) is 6.92 Å². The molecular weight excluding hydrogens is 311 g/mol. The van der Waals surface area contributed by atoms with Gasteiger partial charge in [-0.1, -0.05) is 17.7 Å². The van der Waals surface area contributed by atoms with E-state index in [-0.39, 0.29) is 16.8 Å². The molecule has 1 heterocycles. The quantitative estimate of drug-likeness (QED) is 0.882. The van der Waals surface area contributed by atoms with Crippen LogP contribution in [0.25, 0.3) is 0 Å². The SMILES string of the molecule is Cc1ccc(F)c(NC(=O)CN2C(=O)c3ccc(C)cc3C2=O)c1. The van der Waals surface area contributed by atoms with Crippen molar-refractivity contribution >= 4 is 23.4 Å². The number of carbonyl (C=O) groups is 3. The molecule has 122 valence electrons. The van der Waals surface area contributed by atoms with Gasteiger partial charge in [0.15, 0.2) is 0 Å². The molecule has 0 saturated carbocycles. The number of anilines is 1. The van der Waals surface area contributed by atoms with Crippen molar-refractivity contribution in [3.05, 3.63) is 64.5 Å². The van der Waals surface area contributed by atoms with E-state index >= 15 is 0 Å². The molecule has 0 unspecified atom stereocenters. The van der Waals surface area contributed by atoms with Crippen LogP contribution in [0.15, 0.2) is 36.4 Å². The van der Waals surface area contributed by atoms with Crippen molar-refractivity contribution in [2.45, 2.75) is 13.8 Å². The Bertz CT molecular complexity index is 877. The maximum Gasteiger partial charge on any atom is 0.262 e. The molecule has 3 amide bonds. The third kappa shape index (κ3) is 2.78. The molecule has 0 aliphatic carbocycles. The standard InChI is InChI=1S/C18H15FN2O3/c1-10-3-5-12-13(7-10)18(24)21(17(12)23)9-16(22)20-15-8-11(2)4-6-14(15)19/h3-8H,9H2,1-2H3,(H,20,22). The topological polar surface area (TPSA) is 66.5 Å². The fourth-order valence-electron chi connectivity index (χ4n) is 2.62. The van der Waals surface area contributed by atoms with E-state index in [2.05, 4.69) is 5.32 Å². The highest BCUT2D eigenvalue weighted by atomic mass is 19.1. The van der Waals surface area contributed by atoms with Crippen molar-refractivity contribution in [2.75, 3.05) is 11.9 Å². The summed E-state index contributed by atoms with van der Waals surface area (Å²) >= 11 is 0. The van der Waals surface area contributed by atoms with E-state index in [0.29, 0.717) is 0 Å². The first-order valence-corrected chi connectivity index (χ1v) is 7.39. The van der Waals surface area contributed by atoms with Crippen LogP contribution < -0.4 is 5.32 Å². The number of carbonyl (C=O) groups excluding carboxylic acids is 3. The molecule has 0 saturated heterocycles. The minimum atomic E-state index is -0.634. The average Bonchev–Trinajstić information content (AvgIpc) is 2.75. The van der Waals surface area contributed by atoms with E-state index in [1.165, 1.54) is 12.1 Å². The summed E-state index contributed by atoms with van der Waals surface area (Å²) in [7, 11) is 0. The number of fused-ring (bicyclic) bond motifs is 1. The summed E-state index contributed by atoms with van der Waals surface area (Å²) in [4.78, 5) is 37.6. The highest BCUT2D eigenvalue weighted by Crippen LogP contribution is 2.24. The first-order chi connectivity index (χ1) is 11.4. The molecule has 5 nitrogen and oxygen atoms in total. The number of nitrogens with zero attached hydrogens (tertiary/aromatic N) is 1. The number of halogens is 1. The number of benzene rings is 2. The monoisotopic (exact) mass is 326 g/mol.